The van der Waals surface area contributed by atoms with Crippen molar-refractivity contribution in [3.05, 3.63) is 0 Å². The lowest BCUT2D eigenvalue weighted by atomic mass is 10.0. The van der Waals surface area contributed by atoms with Gasteiger partial charge in [0.1, 0.15) is 19.3 Å². The molecule has 0 aliphatic heterocycles. The summed E-state index contributed by atoms with van der Waals surface area (Å²) in [5.41, 5.74) is 0. The molecule has 576 valence electrons. The van der Waals surface area contributed by atoms with E-state index in [0.717, 1.165) is 114 Å². The van der Waals surface area contributed by atoms with Crippen molar-refractivity contribution in [2.45, 2.75) is 414 Å². The number of aliphatic hydroxyl groups excluding tert-OH is 1. The molecule has 0 aliphatic carbocycles. The maximum atomic E-state index is 13.1. The van der Waals surface area contributed by atoms with Gasteiger partial charge in [0.25, 0.3) is 0 Å². The molecule has 0 aromatic carbocycles. The van der Waals surface area contributed by atoms with Crippen molar-refractivity contribution >= 4 is 39.5 Å². The normalized spacial score (nSPS) is 14.1. The molecule has 3 unspecified atom stereocenters. The van der Waals surface area contributed by atoms with Gasteiger partial charge in [0, 0.05) is 25.7 Å². The molecule has 0 radical (unpaired) electrons. The Labute approximate surface area is 594 Å². The van der Waals surface area contributed by atoms with E-state index in [1.807, 2.05) is 0 Å². The molecule has 3 N–H and O–H groups in total. The third kappa shape index (κ3) is 72.2. The quantitative estimate of drug-likeness (QED) is 0.0222. The fraction of sp³-hybridized carbons (Fsp3) is 0.949. The van der Waals surface area contributed by atoms with Crippen molar-refractivity contribution in [1.29, 1.82) is 0 Å². The van der Waals surface area contributed by atoms with Gasteiger partial charge in [-0.1, -0.05) is 344 Å². The van der Waals surface area contributed by atoms with Crippen LogP contribution in [0.15, 0.2) is 0 Å². The predicted octanol–water partition coefficient (Wildman–Crippen LogP) is 22.8. The Morgan fingerprint density at radius 2 is 0.433 bits per heavy atom. The number of phosphoric ester groups is 2. The lowest BCUT2D eigenvalue weighted by Crippen LogP contribution is -2.30. The van der Waals surface area contributed by atoms with Crippen LogP contribution in [-0.4, -0.2) is 96.7 Å². The molecule has 0 aromatic rings. The average molecular weight is 1420 g/mol. The van der Waals surface area contributed by atoms with Crippen molar-refractivity contribution < 1.29 is 80.2 Å². The van der Waals surface area contributed by atoms with Crippen molar-refractivity contribution in [2.24, 2.45) is 23.7 Å². The van der Waals surface area contributed by atoms with Crippen LogP contribution in [0, 0.1) is 23.7 Å². The van der Waals surface area contributed by atoms with E-state index in [1.54, 1.807) is 0 Å². The number of carbonyl (C=O) groups is 4. The maximum Gasteiger partial charge on any atom is 0.472 e. The molecular formula is C78H152O17P2. The number of aliphatic hydroxyl groups is 1. The number of esters is 4. The van der Waals surface area contributed by atoms with Crippen LogP contribution in [-0.2, 0) is 65.4 Å². The van der Waals surface area contributed by atoms with Crippen LogP contribution in [0.3, 0.4) is 0 Å². The van der Waals surface area contributed by atoms with Gasteiger partial charge in [-0.15, -0.1) is 0 Å². The van der Waals surface area contributed by atoms with Gasteiger partial charge in [0.05, 0.1) is 26.4 Å². The summed E-state index contributed by atoms with van der Waals surface area (Å²) in [7, 11) is -9.91. The molecule has 0 rings (SSSR count). The fourth-order valence-electron chi connectivity index (χ4n) is 11.9. The van der Waals surface area contributed by atoms with E-state index in [2.05, 4.69) is 55.4 Å². The highest BCUT2D eigenvalue weighted by atomic mass is 31.2. The summed E-state index contributed by atoms with van der Waals surface area (Å²) in [6.07, 6.45) is 52.9. The highest BCUT2D eigenvalue weighted by Gasteiger charge is 2.30. The van der Waals surface area contributed by atoms with Gasteiger partial charge < -0.3 is 33.8 Å². The lowest BCUT2D eigenvalue weighted by molar-refractivity contribution is -0.161. The summed E-state index contributed by atoms with van der Waals surface area (Å²) in [6, 6.07) is 0. The van der Waals surface area contributed by atoms with Crippen molar-refractivity contribution in [3.63, 3.8) is 0 Å². The first kappa shape index (κ1) is 95.1. The summed E-state index contributed by atoms with van der Waals surface area (Å²) < 4.78 is 68.5. The van der Waals surface area contributed by atoms with Gasteiger partial charge in [0.15, 0.2) is 12.2 Å². The number of phosphoric acid groups is 2. The summed E-state index contributed by atoms with van der Waals surface area (Å²) in [6.45, 7) is 14.2. The minimum absolute atomic E-state index is 0.104. The lowest BCUT2D eigenvalue weighted by Gasteiger charge is -2.21. The van der Waals surface area contributed by atoms with Crippen LogP contribution < -0.4 is 0 Å². The Morgan fingerprint density at radius 3 is 0.639 bits per heavy atom. The second-order valence-electron chi connectivity index (χ2n) is 30.0. The SMILES string of the molecule is CC(C)CCCCCCCCCCCCCCCCCCCCC(=O)OC[C@H](COP(=O)(O)OCC(O)COP(=O)(O)OC[C@@H](COC(=O)CCCCCCCCCC(C)C)OC(=O)CCCCCCCCCCCC(C)C)OC(=O)CCCCCCCCCCCCCC(C)C. The van der Waals surface area contributed by atoms with E-state index in [0.29, 0.717) is 31.6 Å². The molecule has 0 saturated carbocycles. The molecule has 97 heavy (non-hydrogen) atoms. The summed E-state index contributed by atoms with van der Waals surface area (Å²) in [5, 5.41) is 10.6. The maximum absolute atomic E-state index is 13.1. The van der Waals surface area contributed by atoms with Gasteiger partial charge in [-0.05, 0) is 49.4 Å². The van der Waals surface area contributed by atoms with E-state index < -0.39 is 97.5 Å². The average Bonchev–Trinajstić information content (AvgIpc) is 1.01. The molecule has 17 nitrogen and oxygen atoms in total. The second kappa shape index (κ2) is 67.2. The summed E-state index contributed by atoms with van der Waals surface area (Å²) in [5.74, 6) is 0.909. The number of unbranched alkanes of at least 4 members (excludes halogenated alkanes) is 41. The second-order valence-corrected chi connectivity index (χ2v) is 32.9. The minimum Gasteiger partial charge on any atom is -0.462 e. The number of hydrogen-bond donors (Lipinski definition) is 3. The molecule has 19 heteroatoms. The van der Waals surface area contributed by atoms with E-state index in [1.165, 1.54) is 193 Å². The van der Waals surface area contributed by atoms with Crippen LogP contribution in [0.1, 0.15) is 396 Å². The zero-order valence-corrected chi connectivity index (χ0v) is 65.5. The number of carbonyl (C=O) groups excluding carboxylic acids is 4. The van der Waals surface area contributed by atoms with E-state index >= 15 is 0 Å². The van der Waals surface area contributed by atoms with Crippen LogP contribution in [0.2, 0.25) is 0 Å². The van der Waals surface area contributed by atoms with Gasteiger partial charge in [0.2, 0.25) is 0 Å². The Morgan fingerprint density at radius 1 is 0.258 bits per heavy atom. The minimum atomic E-state index is -4.96. The fourth-order valence-corrected chi connectivity index (χ4v) is 13.5. The Balaban J connectivity index is 5.19. The molecule has 0 spiro atoms. The largest absolute Gasteiger partial charge is 0.472 e. The van der Waals surface area contributed by atoms with Crippen LogP contribution in [0.4, 0.5) is 0 Å². The van der Waals surface area contributed by atoms with Gasteiger partial charge in [-0.3, -0.25) is 37.3 Å². The first-order valence-corrected chi connectivity index (χ1v) is 43.2. The van der Waals surface area contributed by atoms with Gasteiger partial charge >= 0.3 is 39.5 Å². The molecule has 0 amide bonds. The number of ether oxygens (including phenoxy) is 4. The predicted molar refractivity (Wildman–Crippen MR) is 395 cm³/mol. The highest BCUT2D eigenvalue weighted by molar-refractivity contribution is 7.47. The number of rotatable bonds is 75. The first-order valence-electron chi connectivity index (χ1n) is 40.2. The number of hydrogen-bond acceptors (Lipinski definition) is 15. The Hall–Kier alpha value is -1.94. The Bertz CT molecular complexity index is 1900. The van der Waals surface area contributed by atoms with E-state index in [4.69, 9.17) is 37.0 Å². The Kier molecular flexibility index (Phi) is 65.9. The molecule has 0 fully saturated rings. The standard InChI is InChI=1S/C78H152O17P2/c1-68(2)54-46-38-30-23-18-15-13-11-9-10-12-14-16-20-26-34-42-50-58-75(80)88-64-73(94-77(82)60-52-44-35-27-21-17-19-24-31-39-47-55-69(3)4)66-92-96(84,85)90-62-72(79)63-91-97(86,87)93-67-74(65-89-76(81)59-51-43-37-29-33-41-49-57-71(7)8)95-78(83)61-53-45-36-28-22-25-32-40-48-56-70(5)6/h68-74,79H,9-67H2,1-8H3,(H,84,85)(H,86,87)/t72?,73-,74-/m1/s1. The third-order valence-corrected chi connectivity index (χ3v) is 20.0. The molecule has 0 bridgehead atoms. The molecule has 0 saturated heterocycles. The topological polar surface area (TPSA) is 237 Å². The molecule has 0 aliphatic rings. The molecule has 0 aromatic heterocycles. The smallest absolute Gasteiger partial charge is 0.462 e. The van der Waals surface area contributed by atoms with Gasteiger partial charge in [-0.25, -0.2) is 9.13 Å². The van der Waals surface area contributed by atoms with Crippen molar-refractivity contribution in [2.75, 3.05) is 39.6 Å². The van der Waals surface area contributed by atoms with Crippen LogP contribution >= 0.6 is 15.6 Å². The first-order chi connectivity index (χ1) is 46.6. The van der Waals surface area contributed by atoms with E-state index in [-0.39, 0.29) is 25.7 Å². The molecule has 0 heterocycles. The molecular weight excluding hydrogens is 1270 g/mol. The zero-order chi connectivity index (χ0) is 71.7. The third-order valence-electron chi connectivity index (χ3n) is 18.1. The van der Waals surface area contributed by atoms with Crippen LogP contribution in [0.5, 0.6) is 0 Å². The summed E-state index contributed by atoms with van der Waals surface area (Å²) >= 11 is 0. The van der Waals surface area contributed by atoms with Gasteiger partial charge in [-0.2, -0.15) is 0 Å². The summed E-state index contributed by atoms with van der Waals surface area (Å²) in [4.78, 5) is 72.8. The van der Waals surface area contributed by atoms with E-state index in [9.17, 15) is 43.2 Å². The van der Waals surface area contributed by atoms with Crippen molar-refractivity contribution in [1.82, 2.24) is 0 Å². The zero-order valence-electron chi connectivity index (χ0n) is 63.7. The highest BCUT2D eigenvalue weighted by Crippen LogP contribution is 2.45. The monoisotopic (exact) mass is 1420 g/mol. The molecule has 5 atom stereocenters. The van der Waals surface area contributed by atoms with Crippen molar-refractivity contribution in [3.8, 4) is 0 Å². The van der Waals surface area contributed by atoms with Crippen LogP contribution in [0.25, 0.3) is 0 Å².